The molecule has 0 saturated carbocycles. The number of nitrogens with zero attached hydrogens (tertiary/aromatic N) is 1. The first-order valence-electron chi connectivity index (χ1n) is 4.33. The van der Waals surface area contributed by atoms with E-state index in [9.17, 15) is 0 Å². The van der Waals surface area contributed by atoms with E-state index in [4.69, 9.17) is 21.8 Å². The first-order chi connectivity index (χ1) is 6.74. The van der Waals surface area contributed by atoms with Crippen LogP contribution in [0.25, 0.3) is 0 Å². The second-order valence-electron chi connectivity index (χ2n) is 2.92. The lowest BCUT2D eigenvalue weighted by atomic mass is 10.3. The summed E-state index contributed by atoms with van der Waals surface area (Å²) in [5, 5.41) is 21.0. The van der Waals surface area contributed by atoms with Crippen molar-refractivity contribution in [3.63, 3.8) is 0 Å². The van der Waals surface area contributed by atoms with Crippen LogP contribution in [0.4, 0.5) is 0 Å². The molecule has 0 unspecified atom stereocenters. The molecule has 0 amide bonds. The fourth-order valence-corrected chi connectivity index (χ4v) is 1.18. The molecular weight excluding hydrogens is 204 g/mol. The van der Waals surface area contributed by atoms with Gasteiger partial charge in [-0.1, -0.05) is 17.7 Å². The molecule has 0 aliphatic heterocycles. The van der Waals surface area contributed by atoms with Crippen LogP contribution in [0.3, 0.4) is 0 Å². The molecule has 5 heteroatoms. The maximum Gasteiger partial charge on any atom is 0.133 e. The number of rotatable bonds is 5. The molecule has 1 aromatic heterocycles. The number of aromatic nitrogens is 1. The van der Waals surface area contributed by atoms with Crippen molar-refractivity contribution in [1.82, 2.24) is 10.3 Å². The minimum absolute atomic E-state index is 0.242. The number of aliphatic hydroxyl groups excluding tert-OH is 2. The highest BCUT2D eigenvalue weighted by Crippen LogP contribution is 2.10. The minimum Gasteiger partial charge on any atom is -0.394 e. The number of halogens is 1. The molecule has 0 saturated heterocycles. The smallest absolute Gasteiger partial charge is 0.133 e. The number of aliphatic hydroxyl groups is 2. The number of hydrogen-bond acceptors (Lipinski definition) is 4. The Balaban J connectivity index is 2.35. The van der Waals surface area contributed by atoms with E-state index in [0.717, 1.165) is 5.56 Å². The predicted octanol–water partition coefficient (Wildman–Crippen LogP) is 0.178. The Hall–Kier alpha value is -0.680. The standard InChI is InChI=1S/C9H13ClN2O2/c10-9-7(2-1-3-12-9)4-11-5-8(14)6-13/h1-3,8,11,13-14H,4-6H2/t8-/m1/s1. The lowest BCUT2D eigenvalue weighted by Gasteiger charge is -2.09. The topological polar surface area (TPSA) is 65.4 Å². The molecule has 0 bridgehead atoms. The van der Waals surface area contributed by atoms with Gasteiger partial charge in [-0.15, -0.1) is 0 Å². The minimum atomic E-state index is -0.731. The Morgan fingerprint density at radius 3 is 3.00 bits per heavy atom. The van der Waals surface area contributed by atoms with Gasteiger partial charge >= 0.3 is 0 Å². The molecule has 78 valence electrons. The summed E-state index contributed by atoms with van der Waals surface area (Å²) >= 11 is 5.81. The molecule has 1 rings (SSSR count). The van der Waals surface area contributed by atoms with Crippen LogP contribution >= 0.6 is 11.6 Å². The third kappa shape index (κ3) is 3.59. The van der Waals surface area contributed by atoms with Crippen molar-refractivity contribution in [2.45, 2.75) is 12.6 Å². The van der Waals surface area contributed by atoms with E-state index in [-0.39, 0.29) is 6.61 Å². The molecular formula is C9H13ClN2O2. The van der Waals surface area contributed by atoms with E-state index in [1.807, 2.05) is 6.07 Å². The molecule has 0 aromatic carbocycles. The monoisotopic (exact) mass is 216 g/mol. The van der Waals surface area contributed by atoms with Gasteiger partial charge < -0.3 is 15.5 Å². The lowest BCUT2D eigenvalue weighted by molar-refractivity contribution is 0.0942. The van der Waals surface area contributed by atoms with Crippen LogP contribution < -0.4 is 5.32 Å². The highest BCUT2D eigenvalue weighted by atomic mass is 35.5. The zero-order valence-electron chi connectivity index (χ0n) is 7.65. The first-order valence-corrected chi connectivity index (χ1v) is 4.71. The molecule has 1 heterocycles. The molecule has 0 spiro atoms. The SMILES string of the molecule is OC[C@H](O)CNCc1cccnc1Cl. The maximum atomic E-state index is 9.04. The van der Waals surface area contributed by atoms with Crippen molar-refractivity contribution in [1.29, 1.82) is 0 Å². The summed E-state index contributed by atoms with van der Waals surface area (Å²) in [6, 6.07) is 3.65. The Morgan fingerprint density at radius 2 is 2.36 bits per heavy atom. The summed E-state index contributed by atoms with van der Waals surface area (Å²) in [7, 11) is 0. The summed E-state index contributed by atoms with van der Waals surface area (Å²) in [5.74, 6) is 0. The van der Waals surface area contributed by atoms with Gasteiger partial charge in [0.15, 0.2) is 0 Å². The average Bonchev–Trinajstić information content (AvgIpc) is 2.20. The zero-order chi connectivity index (χ0) is 10.4. The quantitative estimate of drug-likeness (QED) is 0.615. The number of nitrogens with one attached hydrogen (secondary N) is 1. The van der Waals surface area contributed by atoms with Gasteiger partial charge in [0.05, 0.1) is 12.7 Å². The van der Waals surface area contributed by atoms with E-state index in [0.29, 0.717) is 18.2 Å². The summed E-state index contributed by atoms with van der Waals surface area (Å²) in [4.78, 5) is 3.91. The van der Waals surface area contributed by atoms with Crippen LogP contribution in [-0.4, -0.2) is 34.5 Å². The Kier molecular flexibility index (Phi) is 4.82. The molecule has 1 aromatic rings. The second kappa shape index (κ2) is 5.93. The van der Waals surface area contributed by atoms with E-state index >= 15 is 0 Å². The van der Waals surface area contributed by atoms with Crippen molar-refractivity contribution >= 4 is 11.6 Å². The number of pyridine rings is 1. The van der Waals surface area contributed by atoms with Gasteiger partial charge in [0.25, 0.3) is 0 Å². The van der Waals surface area contributed by atoms with Crippen LogP contribution in [0, 0.1) is 0 Å². The van der Waals surface area contributed by atoms with E-state index in [2.05, 4.69) is 10.3 Å². The summed E-state index contributed by atoms with van der Waals surface area (Å²) < 4.78 is 0. The van der Waals surface area contributed by atoms with Crippen molar-refractivity contribution in [3.05, 3.63) is 29.0 Å². The van der Waals surface area contributed by atoms with Gasteiger partial charge in [0, 0.05) is 24.8 Å². The molecule has 3 N–H and O–H groups in total. The maximum absolute atomic E-state index is 9.04. The van der Waals surface area contributed by atoms with E-state index < -0.39 is 6.10 Å². The fraction of sp³-hybridized carbons (Fsp3) is 0.444. The molecule has 4 nitrogen and oxygen atoms in total. The van der Waals surface area contributed by atoms with Gasteiger partial charge in [0.2, 0.25) is 0 Å². The normalized spacial score (nSPS) is 12.8. The summed E-state index contributed by atoms with van der Waals surface area (Å²) in [5.41, 5.74) is 0.874. The van der Waals surface area contributed by atoms with Crippen LogP contribution in [0.15, 0.2) is 18.3 Å². The van der Waals surface area contributed by atoms with Crippen molar-refractivity contribution in [3.8, 4) is 0 Å². The van der Waals surface area contributed by atoms with Crippen molar-refractivity contribution < 1.29 is 10.2 Å². The van der Waals surface area contributed by atoms with Gasteiger partial charge in [-0.25, -0.2) is 4.98 Å². The highest BCUT2D eigenvalue weighted by Gasteiger charge is 2.02. The molecule has 1 atom stereocenters. The van der Waals surface area contributed by atoms with Crippen LogP contribution in [0.5, 0.6) is 0 Å². The van der Waals surface area contributed by atoms with Crippen molar-refractivity contribution in [2.24, 2.45) is 0 Å². The van der Waals surface area contributed by atoms with Gasteiger partial charge in [-0.3, -0.25) is 0 Å². The van der Waals surface area contributed by atoms with Crippen LogP contribution in [-0.2, 0) is 6.54 Å². The van der Waals surface area contributed by atoms with E-state index in [1.54, 1.807) is 12.3 Å². The third-order valence-corrected chi connectivity index (χ3v) is 2.08. The average molecular weight is 217 g/mol. The van der Waals surface area contributed by atoms with Gasteiger partial charge in [0.1, 0.15) is 5.15 Å². The second-order valence-corrected chi connectivity index (χ2v) is 3.28. The summed E-state index contributed by atoms with van der Waals surface area (Å²) in [6.45, 7) is 0.624. The number of hydrogen-bond donors (Lipinski definition) is 3. The Bertz CT molecular complexity index is 283. The largest absolute Gasteiger partial charge is 0.394 e. The zero-order valence-corrected chi connectivity index (χ0v) is 8.41. The summed E-state index contributed by atoms with van der Waals surface area (Å²) in [6.07, 6.45) is 0.888. The van der Waals surface area contributed by atoms with Crippen molar-refractivity contribution in [2.75, 3.05) is 13.2 Å². The predicted molar refractivity (Wildman–Crippen MR) is 54.0 cm³/mol. The lowest BCUT2D eigenvalue weighted by Crippen LogP contribution is -2.29. The molecule has 0 fully saturated rings. The van der Waals surface area contributed by atoms with Crippen LogP contribution in [0.2, 0.25) is 5.15 Å². The van der Waals surface area contributed by atoms with Crippen LogP contribution in [0.1, 0.15) is 5.56 Å². The molecule has 0 radical (unpaired) electrons. The molecule has 14 heavy (non-hydrogen) atoms. The third-order valence-electron chi connectivity index (χ3n) is 1.74. The molecule has 0 aliphatic rings. The highest BCUT2D eigenvalue weighted by molar-refractivity contribution is 6.30. The fourth-order valence-electron chi connectivity index (χ4n) is 0.989. The van der Waals surface area contributed by atoms with E-state index in [1.165, 1.54) is 0 Å². The van der Waals surface area contributed by atoms with Gasteiger partial charge in [-0.05, 0) is 6.07 Å². The first kappa shape index (κ1) is 11.4. The molecule has 0 aliphatic carbocycles. The Morgan fingerprint density at radius 1 is 1.57 bits per heavy atom. The van der Waals surface area contributed by atoms with Gasteiger partial charge in [-0.2, -0.15) is 0 Å². The Labute approximate surface area is 87.6 Å².